The minimum atomic E-state index is -0.546. The first-order chi connectivity index (χ1) is 9.81. The molecule has 22 heavy (non-hydrogen) atoms. The molecule has 1 aliphatic rings. The summed E-state index contributed by atoms with van der Waals surface area (Å²) in [4.78, 5) is 26.2. The van der Waals surface area contributed by atoms with Crippen molar-refractivity contribution in [3.63, 3.8) is 0 Å². The molecule has 0 aromatic rings. The lowest BCUT2D eigenvalue weighted by atomic mass is 9.78. The molecule has 0 saturated carbocycles. The van der Waals surface area contributed by atoms with E-state index in [0.29, 0.717) is 24.0 Å². The predicted octanol–water partition coefficient (Wildman–Crippen LogP) is 2.90. The van der Waals surface area contributed by atoms with E-state index in [1.54, 1.807) is 13.8 Å². The second kappa shape index (κ2) is 5.97. The molecule has 1 N–H and O–H groups in total. The fourth-order valence-corrected chi connectivity index (χ4v) is 3.24. The van der Waals surface area contributed by atoms with Crippen LogP contribution in [0.2, 0.25) is 0 Å². The maximum Gasteiger partial charge on any atom is 0.256 e. The van der Waals surface area contributed by atoms with E-state index in [0.717, 1.165) is 0 Å². The third kappa shape index (κ3) is 3.47. The Hall–Kier alpha value is -1.46. The molecule has 0 aromatic carbocycles. The van der Waals surface area contributed by atoms with E-state index in [4.69, 9.17) is 0 Å². The van der Waals surface area contributed by atoms with Crippen LogP contribution < -0.4 is 0 Å². The molecule has 5 nitrogen and oxygen atoms in total. The van der Waals surface area contributed by atoms with Gasteiger partial charge in [-0.05, 0) is 54.4 Å². The predicted molar refractivity (Wildman–Crippen MR) is 86.3 cm³/mol. The number of carbonyl (C=O) groups is 2. The smallest absolute Gasteiger partial charge is 0.256 e. The van der Waals surface area contributed by atoms with E-state index >= 15 is 0 Å². The average Bonchev–Trinajstić information content (AvgIpc) is 2.34. The van der Waals surface area contributed by atoms with Crippen LogP contribution in [-0.2, 0) is 9.59 Å². The van der Waals surface area contributed by atoms with Crippen molar-refractivity contribution in [3.8, 4) is 0 Å². The first-order valence-corrected chi connectivity index (χ1v) is 7.49. The molecule has 2 amide bonds. The van der Waals surface area contributed by atoms with Gasteiger partial charge in [-0.2, -0.15) is 5.06 Å². The van der Waals surface area contributed by atoms with Crippen molar-refractivity contribution < 1.29 is 14.8 Å². The maximum atomic E-state index is 12.5. The lowest BCUT2D eigenvalue weighted by Gasteiger charge is -2.53. The fraction of sp³-hybridized carbons (Fsp3) is 0.647. The van der Waals surface area contributed by atoms with Gasteiger partial charge in [-0.3, -0.25) is 14.5 Å². The Morgan fingerprint density at radius 1 is 1.00 bits per heavy atom. The van der Waals surface area contributed by atoms with Gasteiger partial charge in [-0.1, -0.05) is 13.2 Å². The molecular formula is C17H28N2O3. The lowest BCUT2D eigenvalue weighted by Crippen LogP contribution is -2.64. The number of rotatable bonds is 3. The highest BCUT2D eigenvalue weighted by Gasteiger charge is 2.48. The van der Waals surface area contributed by atoms with Gasteiger partial charge < -0.3 is 5.21 Å². The van der Waals surface area contributed by atoms with E-state index < -0.39 is 11.1 Å². The molecule has 0 atom stereocenters. The summed E-state index contributed by atoms with van der Waals surface area (Å²) in [6.07, 6.45) is 0.982. The summed E-state index contributed by atoms with van der Waals surface area (Å²) in [5.41, 5.74) is -0.460. The van der Waals surface area contributed by atoms with Gasteiger partial charge in [0.2, 0.25) is 0 Å². The Bertz CT molecular complexity index is 476. The van der Waals surface area contributed by atoms with Crippen LogP contribution >= 0.6 is 0 Å². The topological polar surface area (TPSA) is 60.9 Å². The van der Waals surface area contributed by atoms with Gasteiger partial charge in [0.25, 0.3) is 11.8 Å². The van der Waals surface area contributed by atoms with Crippen LogP contribution in [0.4, 0.5) is 0 Å². The molecule has 1 rings (SSSR count). The standard InChI is InChI=1S/C17H28N2O3/c1-11(2)14(20)18(15(21)12(3)4)13-9-16(5,6)19(22)17(7,8)10-13/h13,22H,1,3,9-10H2,2,4-8H3. The van der Waals surface area contributed by atoms with Gasteiger partial charge in [0.05, 0.1) is 0 Å². The zero-order chi connectivity index (χ0) is 17.5. The molecule has 0 bridgehead atoms. The third-order valence-electron chi connectivity index (χ3n) is 4.15. The summed E-state index contributed by atoms with van der Waals surface area (Å²) in [5.74, 6) is -0.757. The Kier molecular flexibility index (Phi) is 5.04. The zero-order valence-electron chi connectivity index (χ0n) is 14.6. The number of hydrogen-bond donors (Lipinski definition) is 1. The van der Waals surface area contributed by atoms with E-state index in [2.05, 4.69) is 13.2 Å². The third-order valence-corrected chi connectivity index (χ3v) is 4.15. The van der Waals surface area contributed by atoms with Gasteiger partial charge in [-0.15, -0.1) is 0 Å². The van der Waals surface area contributed by atoms with Crippen LogP contribution in [0.1, 0.15) is 54.4 Å². The van der Waals surface area contributed by atoms with Gasteiger partial charge >= 0.3 is 0 Å². The molecule has 124 valence electrons. The summed E-state index contributed by atoms with van der Waals surface area (Å²) in [6, 6.07) is -0.304. The highest BCUT2D eigenvalue weighted by atomic mass is 16.5. The summed E-state index contributed by atoms with van der Waals surface area (Å²) >= 11 is 0. The minimum absolute atomic E-state index is 0.304. The van der Waals surface area contributed by atoms with Crippen LogP contribution in [0.15, 0.2) is 24.3 Å². The quantitative estimate of drug-likeness (QED) is 0.814. The number of amides is 2. The summed E-state index contributed by atoms with van der Waals surface area (Å²) in [5, 5.41) is 11.7. The molecule has 5 heteroatoms. The van der Waals surface area contributed by atoms with E-state index in [1.807, 2.05) is 27.7 Å². The van der Waals surface area contributed by atoms with E-state index in [-0.39, 0.29) is 17.9 Å². The summed E-state index contributed by atoms with van der Waals surface area (Å²) in [6.45, 7) is 18.1. The molecule has 1 heterocycles. The molecular weight excluding hydrogens is 280 g/mol. The highest BCUT2D eigenvalue weighted by molar-refractivity contribution is 6.09. The van der Waals surface area contributed by atoms with E-state index in [1.165, 1.54) is 9.96 Å². The number of imide groups is 1. The van der Waals surface area contributed by atoms with Gasteiger partial charge in [0, 0.05) is 28.3 Å². The molecule has 1 aliphatic heterocycles. The van der Waals surface area contributed by atoms with Crippen molar-refractivity contribution in [2.24, 2.45) is 0 Å². The SMILES string of the molecule is C=C(C)C(=O)N(C(=O)C(=C)C)C1CC(C)(C)N(O)C(C)(C)C1. The number of hydrogen-bond acceptors (Lipinski definition) is 4. The van der Waals surface area contributed by atoms with Gasteiger partial charge in [-0.25, -0.2) is 0 Å². The van der Waals surface area contributed by atoms with Crippen LogP contribution in [-0.4, -0.2) is 44.1 Å². The monoisotopic (exact) mass is 308 g/mol. The molecule has 0 aromatic heterocycles. The maximum absolute atomic E-state index is 12.5. The van der Waals surface area contributed by atoms with Gasteiger partial charge in [0.15, 0.2) is 0 Å². The first-order valence-electron chi connectivity index (χ1n) is 7.49. The zero-order valence-corrected chi connectivity index (χ0v) is 14.6. The fourth-order valence-electron chi connectivity index (χ4n) is 3.24. The van der Waals surface area contributed by atoms with Crippen molar-refractivity contribution in [1.82, 2.24) is 9.96 Å². The average molecular weight is 308 g/mol. The molecule has 0 unspecified atom stereocenters. The van der Waals surface area contributed by atoms with E-state index in [9.17, 15) is 14.8 Å². The first kappa shape index (κ1) is 18.6. The minimum Gasteiger partial charge on any atom is -0.313 e. The number of hydroxylamine groups is 2. The lowest BCUT2D eigenvalue weighted by molar-refractivity contribution is -0.250. The second-order valence-corrected chi connectivity index (χ2v) is 7.54. The van der Waals surface area contributed by atoms with Crippen molar-refractivity contribution in [1.29, 1.82) is 0 Å². The van der Waals surface area contributed by atoms with Crippen LogP contribution in [0.25, 0.3) is 0 Å². The highest BCUT2D eigenvalue weighted by Crippen LogP contribution is 2.39. The summed E-state index contributed by atoms with van der Waals surface area (Å²) in [7, 11) is 0. The Balaban J connectivity index is 3.26. The van der Waals surface area contributed by atoms with Crippen LogP contribution in [0.3, 0.4) is 0 Å². The second-order valence-electron chi connectivity index (χ2n) is 7.54. The molecule has 0 radical (unpaired) electrons. The van der Waals surface area contributed by atoms with Crippen LogP contribution in [0, 0.1) is 0 Å². The van der Waals surface area contributed by atoms with Crippen molar-refractivity contribution in [2.75, 3.05) is 0 Å². The largest absolute Gasteiger partial charge is 0.313 e. The number of carbonyl (C=O) groups excluding carboxylic acids is 2. The molecule has 0 spiro atoms. The molecule has 1 fully saturated rings. The van der Waals surface area contributed by atoms with Gasteiger partial charge in [0.1, 0.15) is 0 Å². The Labute approximate surface area is 133 Å². The Morgan fingerprint density at radius 3 is 1.59 bits per heavy atom. The number of nitrogens with zero attached hydrogens (tertiary/aromatic N) is 2. The Morgan fingerprint density at radius 2 is 1.32 bits per heavy atom. The van der Waals surface area contributed by atoms with Crippen LogP contribution in [0.5, 0.6) is 0 Å². The number of piperidine rings is 1. The molecule has 1 saturated heterocycles. The van der Waals surface area contributed by atoms with Crippen molar-refractivity contribution in [3.05, 3.63) is 24.3 Å². The van der Waals surface area contributed by atoms with Crippen molar-refractivity contribution in [2.45, 2.75) is 71.5 Å². The normalized spacial score (nSPS) is 21.2. The summed E-state index contributed by atoms with van der Waals surface area (Å²) < 4.78 is 0. The molecule has 0 aliphatic carbocycles. The van der Waals surface area contributed by atoms with Crippen molar-refractivity contribution >= 4 is 11.8 Å².